The van der Waals surface area contributed by atoms with E-state index in [-0.39, 0.29) is 18.1 Å². The minimum absolute atomic E-state index is 0.0370. The lowest BCUT2D eigenvalue weighted by atomic mass is 9.86. The van der Waals surface area contributed by atoms with Crippen molar-refractivity contribution in [2.45, 2.75) is 26.2 Å². The van der Waals surface area contributed by atoms with Crippen LogP contribution in [0.15, 0.2) is 84.5 Å². The van der Waals surface area contributed by atoms with E-state index in [0.717, 1.165) is 0 Å². The third kappa shape index (κ3) is 5.45. The van der Waals surface area contributed by atoms with E-state index in [1.807, 2.05) is 19.9 Å². The fraction of sp³-hybridized carbons (Fsp3) is 0.200. The Morgan fingerprint density at radius 2 is 1.60 bits per heavy atom. The van der Waals surface area contributed by atoms with E-state index in [1.54, 1.807) is 48.5 Å². The first-order valence-corrected chi connectivity index (χ1v) is 10.0. The maximum Gasteiger partial charge on any atom is 0.165 e. The van der Waals surface area contributed by atoms with Crippen LogP contribution in [0.4, 0.5) is 13.2 Å². The molecule has 0 radical (unpaired) electrons. The van der Waals surface area contributed by atoms with Gasteiger partial charge >= 0.3 is 0 Å². The minimum atomic E-state index is -0.888. The lowest BCUT2D eigenvalue weighted by Crippen LogP contribution is -2.09. The molecular weight excluding hydrogens is 409 g/mol. The zero-order valence-electron chi connectivity index (χ0n) is 16.7. The molecule has 0 aliphatic rings. The number of allylic oxidation sites excluding steroid dienone is 2. The molecule has 0 amide bonds. The summed E-state index contributed by atoms with van der Waals surface area (Å²) in [6.45, 7) is 3.66. The Morgan fingerprint density at radius 3 is 2.23 bits per heavy atom. The monoisotopic (exact) mass is 430 g/mol. The van der Waals surface area contributed by atoms with Crippen LogP contribution in [0.2, 0.25) is 5.02 Å². The second-order valence-electron chi connectivity index (χ2n) is 7.38. The SMILES string of the molecule is CC(C)C(C(F)=C(F)Cc1ccc(F)c(Oc2ccccc2)c1)c1ccc(Cl)cc1. The Balaban J connectivity index is 1.85. The summed E-state index contributed by atoms with van der Waals surface area (Å²) in [5.74, 6) is -2.77. The van der Waals surface area contributed by atoms with Crippen LogP contribution in [0.3, 0.4) is 0 Å². The first-order chi connectivity index (χ1) is 14.3. The fourth-order valence-corrected chi connectivity index (χ4v) is 3.40. The number of halogens is 4. The van der Waals surface area contributed by atoms with Gasteiger partial charge in [-0.15, -0.1) is 0 Å². The van der Waals surface area contributed by atoms with Crippen molar-refractivity contribution < 1.29 is 17.9 Å². The average Bonchev–Trinajstić information content (AvgIpc) is 2.72. The Hall–Kier alpha value is -2.72. The summed E-state index contributed by atoms with van der Waals surface area (Å²) in [6, 6.07) is 19.4. The largest absolute Gasteiger partial charge is 0.454 e. The van der Waals surface area contributed by atoms with Crippen LogP contribution in [-0.2, 0) is 6.42 Å². The average molecular weight is 431 g/mol. The van der Waals surface area contributed by atoms with Crippen molar-refractivity contribution in [3.63, 3.8) is 0 Å². The summed E-state index contributed by atoms with van der Waals surface area (Å²) < 4.78 is 49.6. The molecule has 0 saturated carbocycles. The number of ether oxygens (including phenoxy) is 1. The molecule has 0 heterocycles. The maximum atomic E-state index is 15.1. The lowest BCUT2D eigenvalue weighted by Gasteiger charge is -2.20. The summed E-state index contributed by atoms with van der Waals surface area (Å²) in [5, 5.41) is 0.531. The van der Waals surface area contributed by atoms with Crippen molar-refractivity contribution in [1.82, 2.24) is 0 Å². The molecule has 3 aromatic carbocycles. The molecule has 0 bridgehead atoms. The summed E-state index contributed by atoms with van der Waals surface area (Å²) in [7, 11) is 0. The van der Waals surface area contributed by atoms with Crippen molar-refractivity contribution in [1.29, 1.82) is 0 Å². The third-order valence-corrected chi connectivity index (χ3v) is 5.01. The maximum absolute atomic E-state index is 15.1. The van der Waals surface area contributed by atoms with Crippen LogP contribution in [-0.4, -0.2) is 0 Å². The smallest absolute Gasteiger partial charge is 0.165 e. The van der Waals surface area contributed by atoms with Gasteiger partial charge in [-0.3, -0.25) is 0 Å². The predicted octanol–water partition coefficient (Wildman–Crippen LogP) is 8.40. The molecule has 1 unspecified atom stereocenters. The standard InChI is InChI=1S/C25H22ClF3O/c1-16(2)24(18-9-11-19(26)12-10-18)25(29)22(28)14-17-8-13-21(27)23(15-17)30-20-6-4-3-5-7-20/h3-13,15-16,24H,14H2,1-2H3. The van der Waals surface area contributed by atoms with Crippen LogP contribution in [0, 0.1) is 11.7 Å². The van der Waals surface area contributed by atoms with E-state index < -0.39 is 23.4 Å². The summed E-state index contributed by atoms with van der Waals surface area (Å²) in [5.41, 5.74) is 1.06. The number of para-hydroxylation sites is 1. The molecule has 30 heavy (non-hydrogen) atoms. The van der Waals surface area contributed by atoms with Gasteiger partial charge in [0.1, 0.15) is 17.4 Å². The fourth-order valence-electron chi connectivity index (χ4n) is 3.28. The summed E-state index contributed by atoms with van der Waals surface area (Å²) in [6.07, 6.45) is -0.298. The predicted molar refractivity (Wildman–Crippen MR) is 115 cm³/mol. The molecule has 0 aromatic heterocycles. The van der Waals surface area contributed by atoms with E-state index in [9.17, 15) is 8.78 Å². The van der Waals surface area contributed by atoms with Crippen LogP contribution in [0.25, 0.3) is 0 Å². The highest BCUT2D eigenvalue weighted by atomic mass is 35.5. The molecule has 0 fully saturated rings. The molecule has 156 valence electrons. The number of rotatable bonds is 7. The van der Waals surface area contributed by atoms with Crippen molar-refractivity contribution >= 4 is 11.6 Å². The molecule has 3 aromatic rings. The van der Waals surface area contributed by atoms with Gasteiger partial charge in [-0.2, -0.15) is 0 Å². The van der Waals surface area contributed by atoms with E-state index >= 15 is 4.39 Å². The van der Waals surface area contributed by atoms with Gasteiger partial charge in [0, 0.05) is 17.4 Å². The highest BCUT2D eigenvalue weighted by molar-refractivity contribution is 6.30. The normalized spacial score (nSPS) is 13.2. The highest BCUT2D eigenvalue weighted by Crippen LogP contribution is 2.36. The van der Waals surface area contributed by atoms with Gasteiger partial charge in [0.05, 0.1) is 0 Å². The highest BCUT2D eigenvalue weighted by Gasteiger charge is 2.25. The lowest BCUT2D eigenvalue weighted by molar-refractivity contribution is 0.414. The first kappa shape index (κ1) is 22.0. The minimum Gasteiger partial charge on any atom is -0.454 e. The Labute approximate surface area is 179 Å². The van der Waals surface area contributed by atoms with Gasteiger partial charge in [0.15, 0.2) is 11.6 Å². The van der Waals surface area contributed by atoms with Crippen molar-refractivity contribution in [3.8, 4) is 11.5 Å². The van der Waals surface area contributed by atoms with E-state index in [4.69, 9.17) is 16.3 Å². The van der Waals surface area contributed by atoms with Crippen molar-refractivity contribution in [3.05, 3.63) is 106 Å². The topological polar surface area (TPSA) is 9.23 Å². The Bertz CT molecular complexity index is 1010. The molecule has 1 nitrogen and oxygen atoms in total. The van der Waals surface area contributed by atoms with Crippen LogP contribution in [0.1, 0.15) is 30.9 Å². The van der Waals surface area contributed by atoms with E-state index in [1.165, 1.54) is 18.2 Å². The second-order valence-corrected chi connectivity index (χ2v) is 7.82. The van der Waals surface area contributed by atoms with Gasteiger partial charge in [-0.25, -0.2) is 13.2 Å². The molecule has 1 atom stereocenters. The molecule has 3 rings (SSSR count). The van der Waals surface area contributed by atoms with Gasteiger partial charge in [-0.05, 0) is 53.4 Å². The molecule has 0 N–H and O–H groups in total. The van der Waals surface area contributed by atoms with Crippen molar-refractivity contribution in [2.75, 3.05) is 0 Å². The molecule has 0 saturated heterocycles. The molecular formula is C25H22ClF3O. The van der Waals surface area contributed by atoms with Crippen LogP contribution < -0.4 is 4.74 Å². The first-order valence-electron chi connectivity index (χ1n) is 9.66. The Kier molecular flexibility index (Phi) is 7.22. The quantitative estimate of drug-likeness (QED) is 0.365. The van der Waals surface area contributed by atoms with E-state index in [2.05, 4.69) is 0 Å². The van der Waals surface area contributed by atoms with Crippen LogP contribution >= 0.6 is 11.6 Å². The zero-order chi connectivity index (χ0) is 21.7. The van der Waals surface area contributed by atoms with Gasteiger partial charge in [0.2, 0.25) is 0 Å². The number of hydrogen-bond acceptors (Lipinski definition) is 1. The van der Waals surface area contributed by atoms with Gasteiger partial charge < -0.3 is 4.74 Å². The zero-order valence-corrected chi connectivity index (χ0v) is 17.5. The van der Waals surface area contributed by atoms with Crippen LogP contribution in [0.5, 0.6) is 11.5 Å². The molecule has 5 heteroatoms. The van der Waals surface area contributed by atoms with Gasteiger partial charge in [-0.1, -0.05) is 61.8 Å². The molecule has 0 aliphatic heterocycles. The third-order valence-electron chi connectivity index (χ3n) is 4.75. The molecule has 0 spiro atoms. The van der Waals surface area contributed by atoms with Crippen molar-refractivity contribution in [2.24, 2.45) is 5.92 Å². The summed E-state index contributed by atoms with van der Waals surface area (Å²) in [4.78, 5) is 0. The Morgan fingerprint density at radius 1 is 0.933 bits per heavy atom. The molecule has 0 aliphatic carbocycles. The second kappa shape index (κ2) is 9.86. The van der Waals surface area contributed by atoms with E-state index in [0.29, 0.717) is 21.9 Å². The number of hydrogen-bond donors (Lipinski definition) is 0. The summed E-state index contributed by atoms with van der Waals surface area (Å²) >= 11 is 5.91. The van der Waals surface area contributed by atoms with Gasteiger partial charge in [0.25, 0.3) is 0 Å². The number of benzene rings is 3.